The number of benzene rings is 3. The number of aromatic nitrogens is 1. The molecule has 0 saturated carbocycles. The first-order chi connectivity index (χ1) is 20.3. The minimum absolute atomic E-state index is 0. The van der Waals surface area contributed by atoms with E-state index in [1.807, 2.05) is 0 Å². The number of carbonyl (C=O) groups is 4. The fourth-order valence-electron chi connectivity index (χ4n) is 4.21. The minimum Gasteiger partial charge on any atom is -0.465 e. The van der Waals surface area contributed by atoms with Gasteiger partial charge in [-0.3, -0.25) is 34.5 Å². The maximum atomic E-state index is 13.4. The topological polar surface area (TPSA) is 168 Å². The van der Waals surface area contributed by atoms with Crippen LogP contribution >= 0.6 is 12.4 Å². The molecule has 4 aromatic rings. The highest BCUT2D eigenvalue weighted by molar-refractivity contribution is 6.11. The lowest BCUT2D eigenvalue weighted by molar-refractivity contribution is -0.143. The Morgan fingerprint density at radius 2 is 1.72 bits per heavy atom. The summed E-state index contributed by atoms with van der Waals surface area (Å²) in [6.45, 7) is 1.43. The summed E-state index contributed by atoms with van der Waals surface area (Å²) in [7, 11) is 0. The zero-order chi connectivity index (χ0) is 30.1. The van der Waals surface area contributed by atoms with E-state index < -0.39 is 17.8 Å². The number of esters is 1. The molecule has 5 N–H and O–H groups in total. The van der Waals surface area contributed by atoms with E-state index in [0.29, 0.717) is 27.6 Å². The average molecular weight is 603 g/mol. The molecule has 222 valence electrons. The molecule has 4 rings (SSSR count). The molecule has 0 fully saturated rings. The summed E-state index contributed by atoms with van der Waals surface area (Å²) in [4.78, 5) is 56.3. The summed E-state index contributed by atoms with van der Waals surface area (Å²) in [5.41, 5.74) is 7.94. The number of rotatable bonds is 11. The summed E-state index contributed by atoms with van der Waals surface area (Å²) in [6, 6.07) is 22.3. The van der Waals surface area contributed by atoms with Crippen LogP contribution in [0, 0.1) is 5.41 Å². The molecule has 0 bridgehead atoms. The number of pyridine rings is 1. The summed E-state index contributed by atoms with van der Waals surface area (Å²) in [5, 5.41) is 14.2. The number of ether oxygens (including phenoxy) is 1. The maximum Gasteiger partial charge on any atom is 0.325 e. The Balaban J connectivity index is 0.00000506. The van der Waals surface area contributed by atoms with Crippen LogP contribution in [-0.4, -0.2) is 54.2 Å². The standard InChI is InChI=1S/C31H30N6O5.ClH/c1-2-42-28(39)18-35-27(38)19-37(31(41)26-8-3-4-15-34-26)23-13-14-24-22(16-23)6-5-7-25(24)30(40)36-17-20-9-11-21(12-10-20)29(32)33;/h3-16H,2,17-19H2,1H3,(H3,32,33)(H,35,38)(H,36,40);1H. The summed E-state index contributed by atoms with van der Waals surface area (Å²) in [6.07, 6.45) is 1.48. The van der Waals surface area contributed by atoms with E-state index in [2.05, 4.69) is 15.6 Å². The van der Waals surface area contributed by atoms with Crippen molar-refractivity contribution in [2.24, 2.45) is 5.73 Å². The smallest absolute Gasteiger partial charge is 0.325 e. The Kier molecular flexibility index (Phi) is 11.3. The minimum atomic E-state index is -0.585. The van der Waals surface area contributed by atoms with Gasteiger partial charge in [0.1, 0.15) is 24.6 Å². The lowest BCUT2D eigenvalue weighted by atomic mass is 10.0. The van der Waals surface area contributed by atoms with Gasteiger partial charge >= 0.3 is 5.97 Å². The van der Waals surface area contributed by atoms with Crippen molar-refractivity contribution < 1.29 is 23.9 Å². The third-order valence-corrected chi connectivity index (χ3v) is 6.30. The van der Waals surface area contributed by atoms with Gasteiger partial charge in [-0.15, -0.1) is 12.4 Å². The van der Waals surface area contributed by atoms with Crippen LogP contribution in [0.4, 0.5) is 5.69 Å². The fraction of sp³-hybridized carbons (Fsp3) is 0.161. The normalized spacial score (nSPS) is 10.3. The molecule has 0 unspecified atom stereocenters. The molecule has 0 saturated heterocycles. The molecule has 12 heteroatoms. The van der Waals surface area contributed by atoms with Gasteiger partial charge in [0.2, 0.25) is 5.91 Å². The molecule has 11 nitrogen and oxygen atoms in total. The van der Waals surface area contributed by atoms with Crippen molar-refractivity contribution in [3.05, 3.63) is 107 Å². The van der Waals surface area contributed by atoms with Crippen LogP contribution in [0.5, 0.6) is 0 Å². The Hall–Kier alpha value is -5.29. The van der Waals surface area contributed by atoms with Gasteiger partial charge in [0.05, 0.1) is 6.61 Å². The van der Waals surface area contributed by atoms with Crippen LogP contribution in [0.25, 0.3) is 10.8 Å². The van der Waals surface area contributed by atoms with Gasteiger partial charge in [0, 0.05) is 29.6 Å². The predicted molar refractivity (Wildman–Crippen MR) is 165 cm³/mol. The number of amides is 3. The van der Waals surface area contributed by atoms with Crippen LogP contribution in [0.1, 0.15) is 38.9 Å². The monoisotopic (exact) mass is 602 g/mol. The number of nitrogens with two attached hydrogens (primary N) is 1. The van der Waals surface area contributed by atoms with Crippen LogP contribution in [0.15, 0.2) is 85.1 Å². The van der Waals surface area contributed by atoms with Gasteiger partial charge in [-0.25, -0.2) is 0 Å². The zero-order valence-electron chi connectivity index (χ0n) is 23.3. The number of fused-ring (bicyclic) bond motifs is 1. The lowest BCUT2D eigenvalue weighted by Crippen LogP contribution is -2.42. The van der Waals surface area contributed by atoms with E-state index in [4.69, 9.17) is 15.9 Å². The van der Waals surface area contributed by atoms with Crippen LogP contribution in [0.2, 0.25) is 0 Å². The second-order valence-corrected chi connectivity index (χ2v) is 9.19. The molecule has 1 aromatic heterocycles. The molecule has 1 heterocycles. The largest absolute Gasteiger partial charge is 0.465 e. The number of halogens is 1. The van der Waals surface area contributed by atoms with Crippen LogP contribution in [-0.2, 0) is 20.9 Å². The highest BCUT2D eigenvalue weighted by Crippen LogP contribution is 2.26. The van der Waals surface area contributed by atoms with Crippen LogP contribution < -0.4 is 21.3 Å². The number of amidine groups is 1. The molecule has 43 heavy (non-hydrogen) atoms. The Morgan fingerprint density at radius 1 is 0.953 bits per heavy atom. The first-order valence-corrected chi connectivity index (χ1v) is 13.2. The Bertz CT molecular complexity index is 1630. The summed E-state index contributed by atoms with van der Waals surface area (Å²) in [5.74, 6) is -1.97. The molecule has 3 aromatic carbocycles. The summed E-state index contributed by atoms with van der Waals surface area (Å²) < 4.78 is 4.84. The molecule has 0 aliphatic rings. The number of nitrogens with zero attached hydrogens (tertiary/aromatic N) is 2. The quantitative estimate of drug-likeness (QED) is 0.116. The van der Waals surface area contributed by atoms with Gasteiger partial charge in [-0.05, 0) is 53.6 Å². The number of anilines is 1. The first kappa shape index (κ1) is 32.2. The van der Waals surface area contributed by atoms with Crippen molar-refractivity contribution in [3.63, 3.8) is 0 Å². The van der Waals surface area contributed by atoms with E-state index >= 15 is 0 Å². The second-order valence-electron chi connectivity index (χ2n) is 9.19. The Labute approximate surface area is 254 Å². The molecule has 0 aliphatic heterocycles. The maximum absolute atomic E-state index is 13.4. The number of carbonyl (C=O) groups excluding carboxylic acids is 4. The molecule has 0 atom stereocenters. The number of hydrogen-bond acceptors (Lipinski definition) is 7. The lowest BCUT2D eigenvalue weighted by Gasteiger charge is -2.22. The third kappa shape index (κ3) is 8.37. The second kappa shape index (κ2) is 15.1. The number of hydrogen-bond donors (Lipinski definition) is 4. The van der Waals surface area contributed by atoms with Gasteiger partial charge in [-0.2, -0.15) is 0 Å². The first-order valence-electron chi connectivity index (χ1n) is 13.2. The van der Waals surface area contributed by atoms with Crippen molar-refractivity contribution >= 4 is 58.4 Å². The highest BCUT2D eigenvalue weighted by atomic mass is 35.5. The van der Waals surface area contributed by atoms with Gasteiger partial charge < -0.3 is 21.1 Å². The van der Waals surface area contributed by atoms with E-state index in [1.165, 1.54) is 11.1 Å². The third-order valence-electron chi connectivity index (χ3n) is 6.30. The molecular formula is C31H31ClN6O5. The molecule has 3 amide bonds. The molecule has 0 radical (unpaired) electrons. The molecule has 0 aliphatic carbocycles. The van der Waals surface area contributed by atoms with Crippen molar-refractivity contribution in [2.45, 2.75) is 13.5 Å². The highest BCUT2D eigenvalue weighted by Gasteiger charge is 2.23. The van der Waals surface area contributed by atoms with E-state index in [9.17, 15) is 19.2 Å². The van der Waals surface area contributed by atoms with Crippen molar-refractivity contribution in [1.29, 1.82) is 5.41 Å². The van der Waals surface area contributed by atoms with Crippen LogP contribution in [0.3, 0.4) is 0 Å². The number of nitrogen functional groups attached to an aromatic ring is 1. The molecule has 0 spiro atoms. The van der Waals surface area contributed by atoms with E-state index in [0.717, 1.165) is 5.56 Å². The van der Waals surface area contributed by atoms with Crippen molar-refractivity contribution in [3.8, 4) is 0 Å². The van der Waals surface area contributed by atoms with Gasteiger partial charge in [0.15, 0.2) is 0 Å². The van der Waals surface area contributed by atoms with Gasteiger partial charge in [-0.1, -0.05) is 48.5 Å². The molecular weight excluding hydrogens is 572 g/mol. The average Bonchev–Trinajstić information content (AvgIpc) is 3.01. The van der Waals surface area contributed by atoms with Gasteiger partial charge in [0.25, 0.3) is 11.8 Å². The Morgan fingerprint density at radius 3 is 2.40 bits per heavy atom. The summed E-state index contributed by atoms with van der Waals surface area (Å²) >= 11 is 0. The van der Waals surface area contributed by atoms with Crippen molar-refractivity contribution in [2.75, 3.05) is 24.6 Å². The fourth-order valence-corrected chi connectivity index (χ4v) is 4.21. The predicted octanol–water partition coefficient (Wildman–Crippen LogP) is 3.20. The van der Waals surface area contributed by atoms with E-state index in [-0.39, 0.29) is 56.1 Å². The SMILES string of the molecule is CCOC(=O)CNC(=O)CN(C(=O)c1ccccn1)c1ccc2c(C(=O)NCc3ccc(C(=N)N)cc3)cccc2c1.Cl. The van der Waals surface area contributed by atoms with Crippen molar-refractivity contribution in [1.82, 2.24) is 15.6 Å². The zero-order valence-corrected chi connectivity index (χ0v) is 24.1. The van der Waals surface area contributed by atoms with E-state index in [1.54, 1.807) is 85.8 Å². The number of nitrogens with one attached hydrogen (secondary N) is 3.